The fourth-order valence-corrected chi connectivity index (χ4v) is 4.64. The number of nitrogens with one attached hydrogen (secondary N) is 3. The Morgan fingerprint density at radius 2 is 2.00 bits per heavy atom. The van der Waals surface area contributed by atoms with Crippen LogP contribution in [0.1, 0.15) is 48.0 Å². The average Bonchev–Trinajstić information content (AvgIpc) is 3.38. The highest BCUT2D eigenvalue weighted by Gasteiger charge is 2.22. The van der Waals surface area contributed by atoms with E-state index in [4.69, 9.17) is 9.57 Å². The van der Waals surface area contributed by atoms with Crippen molar-refractivity contribution in [2.75, 3.05) is 31.1 Å². The van der Waals surface area contributed by atoms with Crippen LogP contribution in [0.4, 0.5) is 5.95 Å². The number of carbonyl (C=O) groups excluding carboxylic acids is 1. The van der Waals surface area contributed by atoms with Crippen LogP contribution >= 0.6 is 0 Å². The SMILES string of the molecule is O=C(NOC1CCCCO1)c1cnc(N2CCC(CNCc3cccc4[nH]ccc34)CC2)nc1. The van der Waals surface area contributed by atoms with E-state index in [1.165, 1.54) is 16.5 Å². The predicted molar refractivity (Wildman–Crippen MR) is 129 cm³/mol. The zero-order valence-electron chi connectivity index (χ0n) is 19.3. The van der Waals surface area contributed by atoms with Crippen LogP contribution in [0.3, 0.4) is 0 Å². The lowest BCUT2D eigenvalue weighted by Crippen LogP contribution is -2.38. The van der Waals surface area contributed by atoms with Crippen LogP contribution in [0, 0.1) is 5.92 Å². The van der Waals surface area contributed by atoms with Crippen molar-refractivity contribution in [2.24, 2.45) is 5.92 Å². The summed E-state index contributed by atoms with van der Waals surface area (Å²) in [7, 11) is 0. The summed E-state index contributed by atoms with van der Waals surface area (Å²) in [5.41, 5.74) is 5.32. The van der Waals surface area contributed by atoms with Gasteiger partial charge in [0.25, 0.3) is 5.91 Å². The molecule has 180 valence electrons. The first-order valence-corrected chi connectivity index (χ1v) is 12.2. The molecule has 1 aromatic carbocycles. The molecule has 0 saturated carbocycles. The lowest BCUT2D eigenvalue weighted by atomic mass is 9.97. The first-order chi connectivity index (χ1) is 16.8. The Morgan fingerprint density at radius 3 is 2.79 bits per heavy atom. The summed E-state index contributed by atoms with van der Waals surface area (Å²) in [6.45, 7) is 4.36. The lowest BCUT2D eigenvalue weighted by molar-refractivity contribution is -0.186. The van der Waals surface area contributed by atoms with Crippen LogP contribution in [-0.2, 0) is 16.1 Å². The predicted octanol–water partition coefficient (Wildman–Crippen LogP) is 3.15. The molecule has 0 radical (unpaired) electrons. The second-order valence-electron chi connectivity index (χ2n) is 9.03. The molecule has 2 aromatic heterocycles. The lowest BCUT2D eigenvalue weighted by Gasteiger charge is -2.32. The number of aromatic nitrogens is 3. The molecule has 3 aromatic rings. The van der Waals surface area contributed by atoms with Gasteiger partial charge in [0.15, 0.2) is 6.29 Å². The molecule has 9 nitrogen and oxygen atoms in total. The molecule has 34 heavy (non-hydrogen) atoms. The van der Waals surface area contributed by atoms with E-state index in [0.29, 0.717) is 24.0 Å². The first-order valence-electron chi connectivity index (χ1n) is 12.2. The van der Waals surface area contributed by atoms with Gasteiger partial charge in [0.05, 0.1) is 5.56 Å². The van der Waals surface area contributed by atoms with Crippen molar-refractivity contribution >= 4 is 22.8 Å². The number of hydrogen-bond donors (Lipinski definition) is 3. The summed E-state index contributed by atoms with van der Waals surface area (Å²) in [5, 5.41) is 4.92. The Kier molecular flexibility index (Phi) is 7.33. The largest absolute Gasteiger partial charge is 0.361 e. The molecule has 9 heteroatoms. The number of hydrogen-bond acceptors (Lipinski definition) is 7. The van der Waals surface area contributed by atoms with E-state index in [2.05, 4.69) is 54.9 Å². The van der Waals surface area contributed by atoms with Crippen molar-refractivity contribution in [3.63, 3.8) is 0 Å². The number of benzene rings is 1. The molecule has 0 aliphatic carbocycles. The second kappa shape index (κ2) is 10.9. The van der Waals surface area contributed by atoms with E-state index < -0.39 is 0 Å². The number of piperidine rings is 1. The minimum absolute atomic E-state index is 0.360. The molecule has 5 rings (SSSR count). The Hall–Kier alpha value is -3.01. The minimum atomic E-state index is -0.379. The summed E-state index contributed by atoms with van der Waals surface area (Å²) < 4.78 is 5.45. The van der Waals surface area contributed by atoms with Crippen molar-refractivity contribution in [1.29, 1.82) is 0 Å². The summed E-state index contributed by atoms with van der Waals surface area (Å²) in [5.74, 6) is 0.936. The van der Waals surface area contributed by atoms with Gasteiger partial charge in [-0.05, 0) is 55.8 Å². The van der Waals surface area contributed by atoms with Crippen molar-refractivity contribution < 1.29 is 14.4 Å². The number of amides is 1. The molecule has 1 unspecified atom stereocenters. The third-order valence-electron chi connectivity index (χ3n) is 6.65. The number of H-pyrrole nitrogens is 1. The topological polar surface area (TPSA) is 104 Å². The van der Waals surface area contributed by atoms with Crippen LogP contribution in [0.5, 0.6) is 0 Å². The summed E-state index contributed by atoms with van der Waals surface area (Å²) in [6.07, 6.45) is 9.74. The highest BCUT2D eigenvalue weighted by molar-refractivity contribution is 5.92. The van der Waals surface area contributed by atoms with Crippen molar-refractivity contribution in [3.8, 4) is 0 Å². The van der Waals surface area contributed by atoms with Gasteiger partial charge in [-0.2, -0.15) is 0 Å². The van der Waals surface area contributed by atoms with E-state index >= 15 is 0 Å². The Bertz CT molecular complexity index is 1070. The quantitative estimate of drug-likeness (QED) is 0.440. The van der Waals surface area contributed by atoms with Gasteiger partial charge in [0.1, 0.15) is 0 Å². The molecule has 2 fully saturated rings. The number of aromatic amines is 1. The third-order valence-corrected chi connectivity index (χ3v) is 6.65. The average molecular weight is 465 g/mol. The third kappa shape index (κ3) is 5.55. The first kappa shape index (κ1) is 22.8. The van der Waals surface area contributed by atoms with Gasteiger partial charge in [-0.25, -0.2) is 20.3 Å². The van der Waals surface area contributed by atoms with Crippen molar-refractivity contribution in [1.82, 2.24) is 25.7 Å². The maximum atomic E-state index is 12.3. The Balaban J connectivity index is 1.05. The van der Waals surface area contributed by atoms with Gasteiger partial charge in [-0.3, -0.25) is 4.79 Å². The smallest absolute Gasteiger partial charge is 0.278 e. The summed E-state index contributed by atoms with van der Waals surface area (Å²) >= 11 is 0. The number of carbonyl (C=O) groups is 1. The van der Waals surface area contributed by atoms with Crippen LogP contribution in [0.25, 0.3) is 10.9 Å². The Morgan fingerprint density at radius 1 is 1.15 bits per heavy atom. The van der Waals surface area contributed by atoms with Gasteiger partial charge < -0.3 is 19.9 Å². The van der Waals surface area contributed by atoms with E-state index in [9.17, 15) is 4.79 Å². The minimum Gasteiger partial charge on any atom is -0.361 e. The maximum Gasteiger partial charge on any atom is 0.278 e. The van der Waals surface area contributed by atoms with E-state index in [-0.39, 0.29) is 12.2 Å². The van der Waals surface area contributed by atoms with Crippen LogP contribution in [0.15, 0.2) is 42.9 Å². The molecule has 0 bridgehead atoms. The van der Waals surface area contributed by atoms with E-state index in [1.807, 2.05) is 6.20 Å². The molecule has 1 amide bonds. The zero-order chi connectivity index (χ0) is 23.2. The van der Waals surface area contributed by atoms with Crippen molar-refractivity contribution in [3.05, 3.63) is 54.0 Å². The van der Waals surface area contributed by atoms with E-state index in [0.717, 1.165) is 58.3 Å². The molecule has 2 aliphatic rings. The van der Waals surface area contributed by atoms with E-state index in [1.54, 1.807) is 12.4 Å². The molecule has 0 spiro atoms. The molecule has 2 aliphatic heterocycles. The summed E-state index contributed by atoms with van der Waals surface area (Å²) in [4.78, 5) is 31.9. The number of anilines is 1. The van der Waals surface area contributed by atoms with Gasteiger partial charge in [0.2, 0.25) is 5.95 Å². The highest BCUT2D eigenvalue weighted by Crippen LogP contribution is 2.21. The number of ether oxygens (including phenoxy) is 1. The molecule has 3 N–H and O–H groups in total. The maximum absolute atomic E-state index is 12.3. The monoisotopic (exact) mass is 464 g/mol. The Labute approximate surface area is 199 Å². The summed E-state index contributed by atoms with van der Waals surface area (Å²) in [6, 6.07) is 8.53. The van der Waals surface area contributed by atoms with Crippen LogP contribution in [0.2, 0.25) is 0 Å². The van der Waals surface area contributed by atoms with Gasteiger partial charge in [-0.15, -0.1) is 0 Å². The second-order valence-corrected chi connectivity index (χ2v) is 9.03. The standard InChI is InChI=1S/C25H32N6O3/c32-24(30-34-23-6-1-2-13-33-23)20-16-28-25(29-17-20)31-11-8-18(9-12-31)14-26-15-19-4-3-5-22-21(19)7-10-27-22/h3-5,7,10,16-18,23,26-27H,1-2,6,8-9,11-15H2,(H,30,32). The van der Waals surface area contributed by atoms with Crippen LogP contribution in [-0.4, -0.2) is 53.4 Å². The van der Waals surface area contributed by atoms with Gasteiger partial charge in [0, 0.05) is 62.2 Å². The molecule has 4 heterocycles. The fourth-order valence-electron chi connectivity index (χ4n) is 4.64. The van der Waals surface area contributed by atoms with Crippen LogP contribution < -0.4 is 15.7 Å². The van der Waals surface area contributed by atoms with Gasteiger partial charge >= 0.3 is 0 Å². The highest BCUT2D eigenvalue weighted by atomic mass is 16.8. The number of rotatable bonds is 8. The number of fused-ring (bicyclic) bond motifs is 1. The molecular formula is C25H32N6O3. The normalized spacial score (nSPS) is 19.4. The molecule has 1 atom stereocenters. The number of hydroxylamine groups is 1. The molecular weight excluding hydrogens is 432 g/mol. The fraction of sp³-hybridized carbons (Fsp3) is 0.480. The van der Waals surface area contributed by atoms with Crippen molar-refractivity contribution in [2.45, 2.75) is 44.9 Å². The zero-order valence-corrected chi connectivity index (χ0v) is 19.3. The van der Waals surface area contributed by atoms with Gasteiger partial charge in [-0.1, -0.05) is 12.1 Å². The number of nitrogens with zero attached hydrogens (tertiary/aromatic N) is 3. The molecule has 2 saturated heterocycles.